The maximum atomic E-state index is 12.8. The smallest absolute Gasteiger partial charge is 0.259 e. The number of hydrogen-bond acceptors (Lipinski definition) is 4. The Morgan fingerprint density at radius 2 is 1.69 bits per heavy atom. The van der Waals surface area contributed by atoms with Crippen LogP contribution < -0.4 is 15.1 Å². The zero-order valence-electron chi connectivity index (χ0n) is 15.9. The summed E-state index contributed by atoms with van der Waals surface area (Å²) in [6.07, 6.45) is 0. The highest BCUT2D eigenvalue weighted by atomic mass is 16.5. The molecule has 0 aromatic heterocycles. The summed E-state index contributed by atoms with van der Waals surface area (Å²) < 4.78 is 5.38. The van der Waals surface area contributed by atoms with E-state index in [4.69, 9.17) is 4.74 Å². The van der Waals surface area contributed by atoms with E-state index in [0.717, 1.165) is 54.1 Å². The van der Waals surface area contributed by atoms with Crippen molar-refractivity contribution in [1.29, 1.82) is 0 Å². The van der Waals surface area contributed by atoms with Gasteiger partial charge in [-0.2, -0.15) is 0 Å². The Kier molecular flexibility index (Phi) is 4.41. The summed E-state index contributed by atoms with van der Waals surface area (Å²) >= 11 is 0. The first-order valence-corrected chi connectivity index (χ1v) is 9.77. The summed E-state index contributed by atoms with van der Waals surface area (Å²) in [5.74, 6) is -0.350. The molecule has 1 fully saturated rings. The van der Waals surface area contributed by atoms with Crippen LogP contribution in [0.3, 0.4) is 0 Å². The fourth-order valence-corrected chi connectivity index (χ4v) is 4.06. The number of rotatable bonds is 4. The molecule has 146 valence electrons. The third-order valence-corrected chi connectivity index (χ3v) is 5.48. The van der Waals surface area contributed by atoms with Gasteiger partial charge in [0.25, 0.3) is 5.91 Å². The van der Waals surface area contributed by atoms with Gasteiger partial charge in [0.05, 0.1) is 18.9 Å². The summed E-state index contributed by atoms with van der Waals surface area (Å²) in [6, 6.07) is 19.2. The average Bonchev–Trinajstić information content (AvgIpc) is 3.03. The summed E-state index contributed by atoms with van der Waals surface area (Å²) in [5, 5.41) is 4.83. The van der Waals surface area contributed by atoms with Crippen molar-refractivity contribution in [2.45, 2.75) is 0 Å². The molecule has 3 aromatic rings. The molecule has 6 nitrogen and oxygen atoms in total. The van der Waals surface area contributed by atoms with Gasteiger partial charge in [-0.25, -0.2) is 0 Å². The number of hydrogen-bond donors (Lipinski definition) is 1. The van der Waals surface area contributed by atoms with Gasteiger partial charge in [0.1, 0.15) is 6.54 Å². The van der Waals surface area contributed by atoms with Crippen molar-refractivity contribution in [3.05, 3.63) is 66.2 Å². The number of anilines is 3. The summed E-state index contributed by atoms with van der Waals surface area (Å²) in [6.45, 7) is 3.19. The van der Waals surface area contributed by atoms with Crippen LogP contribution in [0.4, 0.5) is 17.1 Å². The van der Waals surface area contributed by atoms with E-state index in [1.54, 1.807) is 4.90 Å². The molecule has 0 spiro atoms. The second-order valence-corrected chi connectivity index (χ2v) is 7.27. The van der Waals surface area contributed by atoms with E-state index in [1.807, 2.05) is 60.7 Å². The number of nitrogens with zero attached hydrogens (tertiary/aromatic N) is 2. The second-order valence-electron chi connectivity index (χ2n) is 7.27. The van der Waals surface area contributed by atoms with Crippen molar-refractivity contribution in [2.75, 3.05) is 48.0 Å². The van der Waals surface area contributed by atoms with E-state index in [0.29, 0.717) is 5.56 Å². The highest BCUT2D eigenvalue weighted by molar-refractivity contribution is 6.26. The second kappa shape index (κ2) is 7.22. The van der Waals surface area contributed by atoms with Gasteiger partial charge in [-0.1, -0.05) is 24.3 Å². The number of carbonyl (C=O) groups is 2. The molecule has 0 unspecified atom stereocenters. The van der Waals surface area contributed by atoms with Gasteiger partial charge in [0.2, 0.25) is 5.91 Å². The van der Waals surface area contributed by atoms with E-state index in [9.17, 15) is 9.59 Å². The van der Waals surface area contributed by atoms with Crippen LogP contribution in [0, 0.1) is 0 Å². The topological polar surface area (TPSA) is 61.9 Å². The molecule has 2 amide bonds. The number of nitrogens with one attached hydrogen (secondary N) is 1. The molecule has 0 bridgehead atoms. The number of benzene rings is 3. The fraction of sp³-hybridized carbons (Fsp3) is 0.217. The zero-order chi connectivity index (χ0) is 19.8. The highest BCUT2D eigenvalue weighted by Crippen LogP contribution is 2.36. The average molecular weight is 387 g/mol. The summed E-state index contributed by atoms with van der Waals surface area (Å²) in [7, 11) is 0. The number of morpholine rings is 1. The standard InChI is InChI=1S/C23H21N3O3/c27-21(24-17-7-9-18(10-8-17)25-11-13-29-14-12-25)15-26-20-6-2-4-16-3-1-5-19(22(16)20)23(26)28/h1-10H,11-15H2,(H,24,27). The lowest BCUT2D eigenvalue weighted by Gasteiger charge is -2.28. The minimum absolute atomic E-state index is 0.0160. The highest BCUT2D eigenvalue weighted by Gasteiger charge is 2.30. The maximum Gasteiger partial charge on any atom is 0.259 e. The van der Waals surface area contributed by atoms with E-state index in [-0.39, 0.29) is 18.4 Å². The quantitative estimate of drug-likeness (QED) is 0.746. The Balaban J connectivity index is 1.29. The first-order chi connectivity index (χ1) is 14.2. The van der Waals surface area contributed by atoms with Crippen LogP contribution in [-0.2, 0) is 9.53 Å². The molecule has 5 rings (SSSR count). The molecule has 3 aromatic carbocycles. The van der Waals surface area contributed by atoms with Crippen molar-refractivity contribution in [3.63, 3.8) is 0 Å². The van der Waals surface area contributed by atoms with Gasteiger partial charge >= 0.3 is 0 Å². The van der Waals surface area contributed by atoms with Gasteiger partial charge < -0.3 is 15.0 Å². The first-order valence-electron chi connectivity index (χ1n) is 9.77. The Hall–Kier alpha value is -3.38. The fourth-order valence-electron chi connectivity index (χ4n) is 4.06. The van der Waals surface area contributed by atoms with Crippen LogP contribution in [0.1, 0.15) is 10.4 Å². The van der Waals surface area contributed by atoms with Crippen LogP contribution in [0.25, 0.3) is 10.8 Å². The number of carbonyl (C=O) groups excluding carboxylic acids is 2. The van der Waals surface area contributed by atoms with Gasteiger partial charge in [-0.15, -0.1) is 0 Å². The van der Waals surface area contributed by atoms with Crippen molar-refractivity contribution in [2.24, 2.45) is 0 Å². The zero-order valence-corrected chi connectivity index (χ0v) is 15.9. The largest absolute Gasteiger partial charge is 0.378 e. The lowest BCUT2D eigenvalue weighted by Crippen LogP contribution is -2.36. The Labute approximate surface area is 168 Å². The van der Waals surface area contributed by atoms with E-state index in [2.05, 4.69) is 10.2 Å². The third kappa shape index (κ3) is 3.21. The number of amides is 2. The maximum absolute atomic E-state index is 12.8. The van der Waals surface area contributed by atoms with Crippen LogP contribution in [0.2, 0.25) is 0 Å². The van der Waals surface area contributed by atoms with Crippen molar-refractivity contribution in [1.82, 2.24) is 0 Å². The Morgan fingerprint density at radius 3 is 2.45 bits per heavy atom. The molecule has 6 heteroatoms. The predicted molar refractivity (Wildman–Crippen MR) is 114 cm³/mol. The van der Waals surface area contributed by atoms with Crippen LogP contribution in [0.15, 0.2) is 60.7 Å². The van der Waals surface area contributed by atoms with Crippen molar-refractivity contribution in [3.8, 4) is 0 Å². The van der Waals surface area contributed by atoms with E-state index in [1.165, 1.54) is 0 Å². The Morgan fingerprint density at radius 1 is 0.966 bits per heavy atom. The lowest BCUT2D eigenvalue weighted by atomic mass is 10.1. The molecule has 2 aliphatic heterocycles. The third-order valence-electron chi connectivity index (χ3n) is 5.48. The molecular formula is C23H21N3O3. The minimum atomic E-state index is -0.220. The predicted octanol–water partition coefficient (Wildman–Crippen LogP) is 3.28. The van der Waals surface area contributed by atoms with Crippen LogP contribution in [-0.4, -0.2) is 44.7 Å². The molecule has 2 aliphatic rings. The molecule has 29 heavy (non-hydrogen) atoms. The molecule has 1 N–H and O–H groups in total. The van der Waals surface area contributed by atoms with Crippen molar-refractivity contribution >= 4 is 39.6 Å². The van der Waals surface area contributed by atoms with Gasteiger partial charge in [0.15, 0.2) is 0 Å². The van der Waals surface area contributed by atoms with E-state index >= 15 is 0 Å². The monoisotopic (exact) mass is 387 g/mol. The van der Waals surface area contributed by atoms with Gasteiger partial charge in [-0.3, -0.25) is 14.5 Å². The molecule has 0 radical (unpaired) electrons. The molecule has 2 heterocycles. The lowest BCUT2D eigenvalue weighted by molar-refractivity contribution is -0.114. The summed E-state index contributed by atoms with van der Waals surface area (Å²) in [4.78, 5) is 29.3. The Bertz CT molecular complexity index is 1080. The van der Waals surface area contributed by atoms with Crippen LogP contribution in [0.5, 0.6) is 0 Å². The molecule has 0 saturated carbocycles. The van der Waals surface area contributed by atoms with Gasteiger partial charge in [-0.05, 0) is 41.8 Å². The molecule has 0 aliphatic carbocycles. The van der Waals surface area contributed by atoms with Crippen molar-refractivity contribution < 1.29 is 14.3 Å². The molecule has 1 saturated heterocycles. The van der Waals surface area contributed by atoms with Gasteiger partial charge in [0, 0.05) is 35.4 Å². The molecular weight excluding hydrogens is 366 g/mol. The minimum Gasteiger partial charge on any atom is -0.378 e. The molecule has 0 atom stereocenters. The SMILES string of the molecule is O=C(CN1C(=O)c2cccc3cccc1c23)Nc1ccc(N2CCOCC2)cc1. The summed E-state index contributed by atoms with van der Waals surface area (Å²) in [5.41, 5.74) is 3.28. The first kappa shape index (κ1) is 17.7. The van der Waals surface area contributed by atoms with E-state index < -0.39 is 0 Å². The normalized spacial score (nSPS) is 15.8. The van der Waals surface area contributed by atoms with Crippen LogP contribution >= 0.6 is 0 Å². The number of ether oxygens (including phenoxy) is 1.